The Balaban J connectivity index is 1.90. The van der Waals surface area contributed by atoms with Crippen LogP contribution in [0, 0.1) is 10.1 Å². The van der Waals surface area contributed by atoms with Crippen molar-refractivity contribution in [2.45, 2.75) is 5.92 Å². The number of para-hydroxylation sites is 2. The average molecular weight is 447 g/mol. The van der Waals surface area contributed by atoms with Crippen LogP contribution in [0.25, 0.3) is 21.9 Å². The standard InChI is InChI=1S/C23H13NO9/c25-20-11-5-1-3-7-13(11)32-22(27)18(20)17(15-9-10-16(31-15)24(29)30)19-21(26)12-6-2-4-8-14(12)33-23(19)28/h1-10,17,25-26H. The minimum absolute atomic E-state index is 0.0858. The van der Waals surface area contributed by atoms with E-state index in [1.807, 2.05) is 0 Å². The van der Waals surface area contributed by atoms with Crippen molar-refractivity contribution >= 4 is 27.8 Å². The molecule has 0 saturated heterocycles. The number of hydrogen-bond acceptors (Lipinski definition) is 9. The van der Waals surface area contributed by atoms with Gasteiger partial charge in [0.1, 0.15) is 33.3 Å². The lowest BCUT2D eigenvalue weighted by Gasteiger charge is -2.17. The van der Waals surface area contributed by atoms with Crippen LogP contribution in [0.3, 0.4) is 0 Å². The lowest BCUT2D eigenvalue weighted by Crippen LogP contribution is -2.21. The monoisotopic (exact) mass is 447 g/mol. The first-order valence-electron chi connectivity index (χ1n) is 9.60. The first kappa shape index (κ1) is 20.1. The van der Waals surface area contributed by atoms with Crippen molar-refractivity contribution in [2.24, 2.45) is 0 Å². The maximum Gasteiger partial charge on any atom is 0.433 e. The topological polar surface area (TPSA) is 157 Å². The second kappa shape index (κ2) is 7.38. The van der Waals surface area contributed by atoms with Crippen molar-refractivity contribution in [3.05, 3.63) is 109 Å². The van der Waals surface area contributed by atoms with Gasteiger partial charge in [0.25, 0.3) is 0 Å². The third kappa shape index (κ3) is 3.12. The Morgan fingerprint density at radius 3 is 1.67 bits per heavy atom. The zero-order valence-corrected chi connectivity index (χ0v) is 16.6. The molecule has 0 bridgehead atoms. The molecule has 0 spiro atoms. The molecule has 0 aliphatic carbocycles. The van der Waals surface area contributed by atoms with E-state index in [0.717, 1.165) is 6.07 Å². The van der Waals surface area contributed by atoms with Gasteiger partial charge in [0.2, 0.25) is 0 Å². The molecule has 3 aromatic heterocycles. The number of nitro groups is 1. The Morgan fingerprint density at radius 1 is 0.727 bits per heavy atom. The van der Waals surface area contributed by atoms with Crippen molar-refractivity contribution in [1.29, 1.82) is 0 Å². The van der Waals surface area contributed by atoms with Crippen LogP contribution in [0.4, 0.5) is 5.88 Å². The van der Waals surface area contributed by atoms with E-state index in [-0.39, 0.29) is 27.7 Å². The highest BCUT2D eigenvalue weighted by atomic mass is 16.6. The first-order chi connectivity index (χ1) is 15.9. The Bertz CT molecular complexity index is 1580. The zero-order valence-electron chi connectivity index (χ0n) is 16.6. The highest BCUT2D eigenvalue weighted by molar-refractivity contribution is 5.86. The Labute approximate surface area is 182 Å². The summed E-state index contributed by atoms with van der Waals surface area (Å²) in [6.45, 7) is 0. The normalized spacial score (nSPS) is 11.4. The van der Waals surface area contributed by atoms with Gasteiger partial charge in [-0.1, -0.05) is 24.3 Å². The van der Waals surface area contributed by atoms with Crippen LogP contribution in [-0.2, 0) is 0 Å². The molecule has 33 heavy (non-hydrogen) atoms. The Hall–Kier alpha value is -4.86. The van der Waals surface area contributed by atoms with Gasteiger partial charge in [-0.3, -0.25) is 10.1 Å². The Morgan fingerprint density at radius 2 is 1.21 bits per heavy atom. The molecular weight excluding hydrogens is 434 g/mol. The largest absolute Gasteiger partial charge is 0.507 e. The molecule has 0 amide bonds. The third-order valence-electron chi connectivity index (χ3n) is 5.29. The molecule has 5 rings (SSSR count). The molecule has 0 fully saturated rings. The van der Waals surface area contributed by atoms with E-state index in [2.05, 4.69) is 0 Å². The second-order valence-corrected chi connectivity index (χ2v) is 7.16. The van der Waals surface area contributed by atoms with Gasteiger partial charge in [-0.15, -0.1) is 0 Å². The number of furan rings is 1. The molecule has 0 unspecified atom stereocenters. The molecule has 2 N–H and O–H groups in total. The van der Waals surface area contributed by atoms with Crippen molar-refractivity contribution in [2.75, 3.05) is 0 Å². The zero-order chi connectivity index (χ0) is 23.3. The summed E-state index contributed by atoms with van der Waals surface area (Å²) in [7, 11) is 0. The molecule has 2 aromatic carbocycles. The quantitative estimate of drug-likeness (QED) is 0.236. The Kier molecular flexibility index (Phi) is 4.49. The molecule has 0 atom stereocenters. The van der Waals surface area contributed by atoms with Crippen molar-refractivity contribution in [3.63, 3.8) is 0 Å². The molecule has 3 heterocycles. The minimum Gasteiger partial charge on any atom is -0.507 e. The van der Waals surface area contributed by atoms with Crippen LogP contribution in [0.15, 0.2) is 83.5 Å². The van der Waals surface area contributed by atoms with Gasteiger partial charge in [0.05, 0.1) is 33.9 Å². The fourth-order valence-corrected chi connectivity index (χ4v) is 3.83. The van der Waals surface area contributed by atoms with E-state index in [4.69, 9.17) is 13.3 Å². The summed E-state index contributed by atoms with van der Waals surface area (Å²) in [5, 5.41) is 33.5. The van der Waals surface area contributed by atoms with Crippen LogP contribution in [0.5, 0.6) is 11.5 Å². The predicted molar refractivity (Wildman–Crippen MR) is 115 cm³/mol. The molecule has 0 aliphatic heterocycles. The van der Waals surface area contributed by atoms with Gasteiger partial charge in [0.15, 0.2) is 0 Å². The molecular formula is C23H13NO9. The lowest BCUT2D eigenvalue weighted by molar-refractivity contribution is -0.402. The molecule has 0 aliphatic rings. The summed E-state index contributed by atoms with van der Waals surface area (Å²) < 4.78 is 15.9. The fraction of sp³-hybridized carbons (Fsp3) is 0.0435. The van der Waals surface area contributed by atoms with Gasteiger partial charge in [-0.05, 0) is 30.3 Å². The fourth-order valence-electron chi connectivity index (χ4n) is 3.83. The highest BCUT2D eigenvalue weighted by Crippen LogP contribution is 2.42. The summed E-state index contributed by atoms with van der Waals surface area (Å²) in [6, 6.07) is 14.5. The van der Waals surface area contributed by atoms with E-state index in [9.17, 15) is 29.9 Å². The van der Waals surface area contributed by atoms with Gasteiger partial charge in [0, 0.05) is 0 Å². The minimum atomic E-state index is -1.57. The first-order valence-corrected chi connectivity index (χ1v) is 9.60. The SMILES string of the molecule is O=c1oc2ccccc2c(O)c1C(c1ccc([N+](=O)[O-])o1)c1c(O)c2ccccc2oc1=O. The molecule has 10 heteroatoms. The van der Waals surface area contributed by atoms with Gasteiger partial charge in [-0.25, -0.2) is 9.59 Å². The van der Waals surface area contributed by atoms with E-state index >= 15 is 0 Å². The average Bonchev–Trinajstić information content (AvgIpc) is 3.28. The molecule has 5 aromatic rings. The maximum atomic E-state index is 13.0. The van der Waals surface area contributed by atoms with Gasteiger partial charge >= 0.3 is 17.1 Å². The lowest BCUT2D eigenvalue weighted by atomic mass is 9.88. The van der Waals surface area contributed by atoms with Crippen LogP contribution in [0.2, 0.25) is 0 Å². The third-order valence-corrected chi connectivity index (χ3v) is 5.29. The van der Waals surface area contributed by atoms with Crippen LogP contribution in [0.1, 0.15) is 22.8 Å². The number of rotatable bonds is 4. The van der Waals surface area contributed by atoms with Crippen molar-refractivity contribution < 1.29 is 28.4 Å². The van der Waals surface area contributed by atoms with E-state index in [1.54, 1.807) is 24.3 Å². The number of nitrogens with zero attached hydrogens (tertiary/aromatic N) is 1. The van der Waals surface area contributed by atoms with E-state index in [0.29, 0.717) is 0 Å². The van der Waals surface area contributed by atoms with Gasteiger partial charge in [-0.2, -0.15) is 0 Å². The predicted octanol–water partition coefficient (Wildman–Crippen LogP) is 3.99. The molecule has 10 nitrogen and oxygen atoms in total. The summed E-state index contributed by atoms with van der Waals surface area (Å²) >= 11 is 0. The van der Waals surface area contributed by atoms with Gasteiger partial charge < -0.3 is 23.5 Å². The summed E-state index contributed by atoms with van der Waals surface area (Å²) in [4.78, 5) is 36.3. The number of fused-ring (bicyclic) bond motifs is 2. The molecule has 0 radical (unpaired) electrons. The van der Waals surface area contributed by atoms with E-state index < -0.39 is 50.6 Å². The number of benzene rings is 2. The second-order valence-electron chi connectivity index (χ2n) is 7.16. The maximum absolute atomic E-state index is 13.0. The summed E-state index contributed by atoms with van der Waals surface area (Å²) in [5.41, 5.74) is -2.78. The van der Waals surface area contributed by atoms with Crippen LogP contribution < -0.4 is 11.3 Å². The van der Waals surface area contributed by atoms with Crippen molar-refractivity contribution in [1.82, 2.24) is 0 Å². The smallest absolute Gasteiger partial charge is 0.433 e. The summed E-state index contributed by atoms with van der Waals surface area (Å²) in [6.07, 6.45) is 0. The molecule has 164 valence electrons. The van der Waals surface area contributed by atoms with Crippen molar-refractivity contribution in [3.8, 4) is 11.5 Å². The number of hydrogen-bond donors (Lipinski definition) is 2. The molecule has 0 saturated carbocycles. The van der Waals surface area contributed by atoms with E-state index in [1.165, 1.54) is 30.3 Å². The highest BCUT2D eigenvalue weighted by Gasteiger charge is 2.35. The van der Waals surface area contributed by atoms with Crippen LogP contribution in [-0.4, -0.2) is 15.1 Å². The number of aromatic hydroxyl groups is 2. The van der Waals surface area contributed by atoms with Crippen LogP contribution >= 0.6 is 0 Å². The summed E-state index contributed by atoms with van der Waals surface area (Å²) in [5.74, 6) is -3.54.